The van der Waals surface area contributed by atoms with Crippen molar-refractivity contribution in [1.82, 2.24) is 9.71 Å². The summed E-state index contributed by atoms with van der Waals surface area (Å²) in [6.45, 7) is 2.56. The lowest BCUT2D eigenvalue weighted by atomic mass is 9.93. The van der Waals surface area contributed by atoms with Crippen LogP contribution in [-0.2, 0) is 34.7 Å². The second-order valence-electron chi connectivity index (χ2n) is 5.42. The minimum Gasteiger partial charge on any atom is -0.456 e. The molecule has 136 valence electrons. The Morgan fingerprint density at radius 3 is 2.76 bits per heavy atom. The number of rotatable bonds is 7. The molecule has 0 saturated carbocycles. The highest BCUT2D eigenvalue weighted by Gasteiger charge is 2.50. The fourth-order valence-corrected chi connectivity index (χ4v) is 3.89. The van der Waals surface area contributed by atoms with Gasteiger partial charge in [0.15, 0.2) is 0 Å². The van der Waals surface area contributed by atoms with E-state index < -0.39 is 39.0 Å². The molecule has 25 heavy (non-hydrogen) atoms. The average molecular weight is 433 g/mol. The van der Waals surface area contributed by atoms with Gasteiger partial charge in [0.25, 0.3) is 5.78 Å². The van der Waals surface area contributed by atoms with Crippen molar-refractivity contribution in [2.45, 2.75) is 25.9 Å². The smallest absolute Gasteiger partial charge is 0.308 e. The third kappa shape index (κ3) is 4.37. The van der Waals surface area contributed by atoms with Crippen LogP contribution in [0, 0.1) is 0 Å². The van der Waals surface area contributed by atoms with Gasteiger partial charge in [0.05, 0.1) is 5.75 Å². The molecule has 0 bridgehead atoms. The van der Waals surface area contributed by atoms with Crippen molar-refractivity contribution in [3.8, 4) is 0 Å². The summed E-state index contributed by atoms with van der Waals surface area (Å²) in [4.78, 5) is 28.0. The topological polar surface area (TPSA) is 112 Å². The normalized spacial score (nSPS) is 20.4. The Morgan fingerprint density at radius 2 is 2.20 bits per heavy atom. The molecule has 1 aliphatic heterocycles. The lowest BCUT2D eigenvalue weighted by Crippen LogP contribution is -2.33. The molecule has 1 aromatic rings. The maximum absolute atomic E-state index is 12.7. The van der Waals surface area contributed by atoms with Gasteiger partial charge in [-0.1, -0.05) is 22.0 Å². The van der Waals surface area contributed by atoms with Crippen molar-refractivity contribution >= 4 is 37.7 Å². The summed E-state index contributed by atoms with van der Waals surface area (Å²) in [7, 11) is -3.77. The van der Waals surface area contributed by atoms with Crippen LogP contribution in [0.15, 0.2) is 36.2 Å². The van der Waals surface area contributed by atoms with Gasteiger partial charge < -0.3 is 9.47 Å². The minimum absolute atomic E-state index is 0.184. The Balaban J connectivity index is 2.38. The van der Waals surface area contributed by atoms with E-state index in [2.05, 4.69) is 25.6 Å². The van der Waals surface area contributed by atoms with E-state index in [1.807, 2.05) is 0 Å². The Labute approximate surface area is 153 Å². The van der Waals surface area contributed by atoms with Gasteiger partial charge in [-0.15, -0.1) is 0 Å². The van der Waals surface area contributed by atoms with Crippen LogP contribution < -0.4 is 4.72 Å². The van der Waals surface area contributed by atoms with Crippen molar-refractivity contribution in [3.05, 3.63) is 41.7 Å². The summed E-state index contributed by atoms with van der Waals surface area (Å²) < 4.78 is 36.9. The third-order valence-corrected chi connectivity index (χ3v) is 5.29. The summed E-state index contributed by atoms with van der Waals surface area (Å²) in [5, 5.41) is 0.497. The van der Waals surface area contributed by atoms with E-state index in [9.17, 15) is 18.0 Å². The monoisotopic (exact) mass is 432 g/mol. The first-order valence-electron chi connectivity index (χ1n) is 7.33. The molecule has 0 saturated heterocycles. The van der Waals surface area contributed by atoms with Gasteiger partial charge in [-0.25, -0.2) is 8.42 Å². The van der Waals surface area contributed by atoms with Crippen LogP contribution in [0.2, 0.25) is 0 Å². The number of sulfonamides is 1. The zero-order valence-electron chi connectivity index (χ0n) is 13.6. The van der Waals surface area contributed by atoms with E-state index in [1.165, 1.54) is 19.3 Å². The number of nitrogens with zero attached hydrogens (tertiary/aromatic N) is 1. The van der Waals surface area contributed by atoms with Crippen LogP contribution in [0.3, 0.4) is 0 Å². The van der Waals surface area contributed by atoms with Gasteiger partial charge in [0.1, 0.15) is 0 Å². The Morgan fingerprint density at radius 1 is 1.48 bits per heavy atom. The van der Waals surface area contributed by atoms with Crippen LogP contribution in [0.5, 0.6) is 0 Å². The van der Waals surface area contributed by atoms with Gasteiger partial charge in [0, 0.05) is 30.2 Å². The van der Waals surface area contributed by atoms with Gasteiger partial charge in [0.2, 0.25) is 27.3 Å². The molecule has 0 spiro atoms. The number of alkyl halides is 1. The Hall–Kier alpha value is -1.94. The van der Waals surface area contributed by atoms with E-state index in [0.29, 0.717) is 17.3 Å². The maximum Gasteiger partial charge on any atom is 0.308 e. The molecule has 0 radical (unpaired) electrons. The molecule has 1 atom stereocenters. The van der Waals surface area contributed by atoms with E-state index in [-0.39, 0.29) is 5.75 Å². The predicted molar refractivity (Wildman–Crippen MR) is 91.8 cm³/mol. The summed E-state index contributed by atoms with van der Waals surface area (Å²) >= 11 is 3.15. The largest absolute Gasteiger partial charge is 0.456 e. The predicted octanol–water partition coefficient (Wildman–Crippen LogP) is 1.33. The molecule has 1 N–H and O–H groups in total. The second kappa shape index (κ2) is 7.52. The van der Waals surface area contributed by atoms with E-state index in [0.717, 1.165) is 6.92 Å². The summed E-state index contributed by atoms with van der Waals surface area (Å²) in [6.07, 6.45) is 3.31. The van der Waals surface area contributed by atoms with E-state index >= 15 is 0 Å². The molecule has 0 fully saturated rings. The van der Waals surface area contributed by atoms with E-state index in [4.69, 9.17) is 9.47 Å². The summed E-state index contributed by atoms with van der Waals surface area (Å²) in [5.74, 6) is -2.49. The summed E-state index contributed by atoms with van der Waals surface area (Å²) in [6, 6.07) is 3.22. The van der Waals surface area contributed by atoms with Gasteiger partial charge in [-0.3, -0.25) is 19.3 Å². The molecule has 0 aliphatic carbocycles. The molecule has 1 unspecified atom stereocenters. The first-order valence-corrected chi connectivity index (χ1v) is 10.1. The number of pyridine rings is 1. The van der Waals surface area contributed by atoms with Crippen molar-refractivity contribution < 1.29 is 27.5 Å². The molecule has 0 aromatic carbocycles. The number of carbonyl (C=O) groups excluding carboxylic acids is 2. The standard InChI is InChI=1S/C15H17BrN2O6S/c1-10(19)23-12-13(20)15(2,11-5-3-7-17-9-11)24-14(12)18-25(21,22)8-4-6-16/h3,5,7,9,18H,4,6,8H2,1-2H3. The molecular formula is C15H17BrN2O6S. The number of nitrogens with one attached hydrogen (secondary N) is 1. The first-order chi connectivity index (χ1) is 11.7. The van der Waals surface area contributed by atoms with Crippen molar-refractivity contribution in [2.75, 3.05) is 11.1 Å². The lowest BCUT2D eigenvalue weighted by molar-refractivity contribution is -0.142. The number of ether oxygens (including phenoxy) is 2. The minimum atomic E-state index is -3.77. The number of ketones is 1. The fourth-order valence-electron chi connectivity index (χ4n) is 2.19. The van der Waals surface area contributed by atoms with Crippen LogP contribution in [0.25, 0.3) is 0 Å². The number of esters is 1. The van der Waals surface area contributed by atoms with Crippen molar-refractivity contribution in [3.63, 3.8) is 0 Å². The second-order valence-corrected chi connectivity index (χ2v) is 8.06. The molecule has 1 aromatic heterocycles. The Bertz CT molecular complexity index is 809. The molecule has 0 amide bonds. The van der Waals surface area contributed by atoms with Gasteiger partial charge >= 0.3 is 5.97 Å². The SMILES string of the molecule is CC(=O)OC1=C(NS(=O)(=O)CCCBr)OC(C)(c2cccnc2)C1=O. The zero-order valence-corrected chi connectivity index (χ0v) is 16.0. The third-order valence-electron chi connectivity index (χ3n) is 3.41. The number of Topliss-reactive ketones (excluding diaryl/α,β-unsaturated/α-hetero) is 1. The van der Waals surface area contributed by atoms with E-state index in [1.54, 1.807) is 12.1 Å². The molecule has 8 nitrogen and oxygen atoms in total. The highest BCUT2D eigenvalue weighted by Crippen LogP contribution is 2.38. The Kier molecular flexibility index (Phi) is 5.83. The maximum atomic E-state index is 12.7. The average Bonchev–Trinajstić information content (AvgIpc) is 2.78. The van der Waals surface area contributed by atoms with Crippen LogP contribution in [0.1, 0.15) is 25.8 Å². The molecule has 2 rings (SSSR count). The highest BCUT2D eigenvalue weighted by atomic mass is 79.9. The lowest BCUT2D eigenvalue weighted by Gasteiger charge is -2.23. The van der Waals surface area contributed by atoms with Gasteiger partial charge in [-0.05, 0) is 19.4 Å². The van der Waals surface area contributed by atoms with Gasteiger partial charge in [-0.2, -0.15) is 0 Å². The molecule has 1 aliphatic rings. The quantitative estimate of drug-likeness (QED) is 0.510. The highest BCUT2D eigenvalue weighted by molar-refractivity contribution is 9.09. The van der Waals surface area contributed by atoms with Crippen LogP contribution in [-0.4, -0.2) is 36.2 Å². The summed E-state index contributed by atoms with van der Waals surface area (Å²) in [5.41, 5.74) is -1.15. The number of halogens is 1. The fraction of sp³-hybridized carbons (Fsp3) is 0.400. The molecule has 10 heteroatoms. The van der Waals surface area contributed by atoms with Crippen LogP contribution >= 0.6 is 15.9 Å². The number of hydrogen-bond donors (Lipinski definition) is 1. The zero-order chi connectivity index (χ0) is 18.7. The van der Waals surface area contributed by atoms with Crippen molar-refractivity contribution in [1.29, 1.82) is 0 Å². The number of aromatic nitrogens is 1. The first kappa shape index (κ1) is 19.4. The molecule has 2 heterocycles. The molecular weight excluding hydrogens is 416 g/mol. The van der Waals surface area contributed by atoms with Crippen LogP contribution in [0.4, 0.5) is 0 Å². The number of carbonyl (C=O) groups is 2. The number of hydrogen-bond acceptors (Lipinski definition) is 7. The van der Waals surface area contributed by atoms with Crippen molar-refractivity contribution in [2.24, 2.45) is 0 Å².